The Hall–Kier alpha value is -3.00. The zero-order valence-electron chi connectivity index (χ0n) is 16.8. The number of nitrogens with zero attached hydrogens (tertiary/aromatic N) is 5. The van der Waals surface area contributed by atoms with E-state index in [1.807, 2.05) is 12.1 Å². The topological polar surface area (TPSA) is 72.1 Å². The molecule has 1 heterocycles. The Bertz CT molecular complexity index is 929. The number of halogens is 2. The van der Waals surface area contributed by atoms with Gasteiger partial charge in [-0.1, -0.05) is 12.1 Å². The maximum Gasteiger partial charge on any atom is 0.435 e. The molecule has 0 atom stereocenters. The van der Waals surface area contributed by atoms with Crippen LogP contribution in [-0.4, -0.2) is 47.1 Å². The predicted molar refractivity (Wildman–Crippen MR) is 115 cm³/mol. The molecular weight excluding hydrogens is 397 g/mol. The number of hydrogen-bond acceptors (Lipinski definition) is 5. The van der Waals surface area contributed by atoms with Gasteiger partial charge in [0.25, 0.3) is 0 Å². The first-order valence-electron chi connectivity index (χ1n) is 8.70. The van der Waals surface area contributed by atoms with E-state index in [0.29, 0.717) is 5.69 Å². The molecule has 0 aliphatic heterocycles. The lowest BCUT2D eigenvalue weighted by Gasteiger charge is -2.20. The van der Waals surface area contributed by atoms with Crippen molar-refractivity contribution in [3.63, 3.8) is 0 Å². The minimum absolute atomic E-state index is 0.0397. The molecule has 0 fully saturated rings. The van der Waals surface area contributed by atoms with Crippen molar-refractivity contribution in [3.8, 4) is 11.1 Å². The summed E-state index contributed by atoms with van der Waals surface area (Å²) in [4.78, 5) is 21.0. The number of benzene rings is 1. The molecule has 2 rings (SSSR count). The number of amidine groups is 1. The summed E-state index contributed by atoms with van der Waals surface area (Å²) in [6, 6.07) is 7.14. The molecule has 0 saturated carbocycles. The van der Waals surface area contributed by atoms with Gasteiger partial charge in [0, 0.05) is 24.5 Å². The van der Waals surface area contributed by atoms with Crippen molar-refractivity contribution in [2.75, 3.05) is 18.0 Å². The zero-order chi connectivity index (χ0) is 21.6. The Morgan fingerprint density at radius 2 is 2.00 bits per heavy atom. The van der Waals surface area contributed by atoms with Gasteiger partial charge in [-0.05, 0) is 45.2 Å². The minimum atomic E-state index is -0.647. The van der Waals surface area contributed by atoms with Gasteiger partial charge in [0.05, 0.1) is 12.4 Å². The van der Waals surface area contributed by atoms with Crippen molar-refractivity contribution in [2.45, 2.75) is 26.4 Å². The third kappa shape index (κ3) is 5.99. The number of aromatic nitrogens is 2. The summed E-state index contributed by atoms with van der Waals surface area (Å²) in [6.45, 7) is 8.60. The molecule has 9 heteroatoms. The number of alkyl halides is 1. The molecule has 0 N–H and O–H groups in total. The number of hydrogen-bond donors (Lipinski definition) is 0. The second-order valence-electron chi connectivity index (χ2n) is 7.02. The smallest absolute Gasteiger partial charge is 0.435 e. The lowest BCUT2D eigenvalue weighted by atomic mass is 10.1. The fraction of sp³-hybridized carbons (Fsp3) is 0.300. The molecule has 29 heavy (non-hydrogen) atoms. The molecule has 2 aromatic rings. The van der Waals surface area contributed by atoms with Crippen LogP contribution in [0.2, 0.25) is 0 Å². The van der Waals surface area contributed by atoms with Crippen LogP contribution in [0, 0.1) is 0 Å². The van der Waals surface area contributed by atoms with Gasteiger partial charge >= 0.3 is 6.09 Å². The molecule has 0 amide bonds. The highest BCUT2D eigenvalue weighted by Crippen LogP contribution is 2.24. The van der Waals surface area contributed by atoms with Gasteiger partial charge in [0.1, 0.15) is 11.6 Å². The van der Waals surface area contributed by atoms with E-state index < -0.39 is 17.5 Å². The van der Waals surface area contributed by atoms with E-state index in [-0.39, 0.29) is 11.8 Å². The van der Waals surface area contributed by atoms with Gasteiger partial charge < -0.3 is 9.64 Å². The van der Waals surface area contributed by atoms with Crippen LogP contribution in [-0.2, 0) is 4.74 Å². The van der Waals surface area contributed by atoms with Gasteiger partial charge in [0.2, 0.25) is 0 Å². The van der Waals surface area contributed by atoms with Gasteiger partial charge in [0.15, 0.2) is 11.7 Å². The largest absolute Gasteiger partial charge is 0.442 e. The summed E-state index contributed by atoms with van der Waals surface area (Å²) in [7, 11) is 1.66. The first-order chi connectivity index (χ1) is 13.7. The van der Waals surface area contributed by atoms with Crippen molar-refractivity contribution in [3.05, 3.63) is 48.7 Å². The maximum atomic E-state index is 14.2. The Morgan fingerprint density at radius 1 is 1.34 bits per heavy atom. The summed E-state index contributed by atoms with van der Waals surface area (Å²) in [5.41, 5.74) is 1.64. The second kappa shape index (κ2) is 9.47. The molecule has 1 aromatic heterocycles. The van der Waals surface area contributed by atoms with Crippen molar-refractivity contribution < 1.29 is 13.9 Å². The second-order valence-corrected chi connectivity index (χ2v) is 7.26. The molecule has 0 saturated heterocycles. The first-order valence-corrected chi connectivity index (χ1v) is 9.24. The number of aliphatic imine (C=N–C) groups is 2. The van der Waals surface area contributed by atoms with E-state index >= 15 is 0 Å². The summed E-state index contributed by atoms with van der Waals surface area (Å²) >= 11 is 5.64. The Kier molecular flexibility index (Phi) is 7.28. The quantitative estimate of drug-likeness (QED) is 0.300. The molecule has 0 aliphatic carbocycles. The number of likely N-dealkylation sites (N-methyl/N-ethyl adjacent to an activating group) is 1. The summed E-state index contributed by atoms with van der Waals surface area (Å²) in [5, 5.41) is 4.05. The highest BCUT2D eigenvalue weighted by Gasteiger charge is 2.19. The van der Waals surface area contributed by atoms with Crippen LogP contribution in [0.3, 0.4) is 0 Å². The third-order valence-corrected chi connectivity index (χ3v) is 3.82. The predicted octanol–water partition coefficient (Wildman–Crippen LogP) is 4.88. The van der Waals surface area contributed by atoms with E-state index in [1.165, 1.54) is 0 Å². The average Bonchev–Trinajstić information content (AvgIpc) is 3.15. The molecule has 154 valence electrons. The highest BCUT2D eigenvalue weighted by molar-refractivity contribution is 6.19. The lowest BCUT2D eigenvalue weighted by Crippen LogP contribution is -2.27. The van der Waals surface area contributed by atoms with Crippen molar-refractivity contribution in [2.24, 2.45) is 9.98 Å². The lowest BCUT2D eigenvalue weighted by molar-refractivity contribution is 0.0514. The fourth-order valence-electron chi connectivity index (χ4n) is 2.42. The number of carbonyl (C=O) groups excluding carboxylic acids is 1. The van der Waals surface area contributed by atoms with Crippen LogP contribution >= 0.6 is 11.6 Å². The maximum absolute atomic E-state index is 14.2. The van der Waals surface area contributed by atoms with Crippen LogP contribution in [0.15, 0.2) is 58.7 Å². The fourth-order valence-corrected chi connectivity index (χ4v) is 2.53. The van der Waals surface area contributed by atoms with Crippen LogP contribution in [0.5, 0.6) is 0 Å². The molecule has 7 nitrogen and oxygen atoms in total. The molecular formula is C20H23ClFN5O2. The van der Waals surface area contributed by atoms with E-state index in [0.717, 1.165) is 22.0 Å². The standard InChI is InChI=1S/C20H23ClFN5O2/c1-20(2,3)29-19(28)27-12-15(10-25-27)14-6-8-16(9-7-14)26(5)18(24-13-21)17(22)11-23-4/h6-12H,4,13H2,1-3,5H3/b17-11+,24-18+. The average molecular weight is 420 g/mol. The van der Waals surface area contributed by atoms with E-state index in [1.54, 1.807) is 57.2 Å². The normalized spacial score (nSPS) is 12.6. The minimum Gasteiger partial charge on any atom is -0.442 e. The molecule has 0 bridgehead atoms. The number of rotatable bonds is 5. The van der Waals surface area contributed by atoms with E-state index in [2.05, 4.69) is 21.8 Å². The van der Waals surface area contributed by atoms with Crippen molar-refractivity contribution >= 4 is 35.9 Å². The van der Waals surface area contributed by atoms with E-state index in [9.17, 15) is 9.18 Å². The Balaban J connectivity index is 2.22. The summed E-state index contributed by atoms with van der Waals surface area (Å²) in [6.07, 6.45) is 3.58. The third-order valence-electron chi connectivity index (χ3n) is 3.70. The molecule has 0 aliphatic rings. The van der Waals surface area contributed by atoms with Gasteiger partial charge in [-0.3, -0.25) is 4.99 Å². The molecule has 0 radical (unpaired) electrons. The van der Waals surface area contributed by atoms with Crippen LogP contribution in [0.4, 0.5) is 14.9 Å². The SMILES string of the molecule is C=N/C=C(F)\C(=N/CCl)N(C)c1ccc(-c2cnn(C(=O)OC(C)(C)C)c2)cc1. The van der Waals surface area contributed by atoms with Gasteiger partial charge in [-0.25, -0.2) is 14.2 Å². The van der Waals surface area contributed by atoms with Crippen LogP contribution in [0.25, 0.3) is 11.1 Å². The number of anilines is 1. The summed E-state index contributed by atoms with van der Waals surface area (Å²) < 4.78 is 20.6. The molecule has 1 aromatic carbocycles. The highest BCUT2D eigenvalue weighted by atomic mass is 35.5. The number of carbonyl (C=O) groups is 1. The first kappa shape index (κ1) is 22.3. The van der Waals surface area contributed by atoms with Crippen molar-refractivity contribution in [1.82, 2.24) is 9.78 Å². The molecule has 0 unspecified atom stereocenters. The number of ether oxygens (including phenoxy) is 1. The monoisotopic (exact) mass is 419 g/mol. The van der Waals surface area contributed by atoms with Crippen LogP contribution in [0.1, 0.15) is 20.8 Å². The summed E-state index contributed by atoms with van der Waals surface area (Å²) in [5.74, 6) is -0.608. The Morgan fingerprint density at radius 3 is 2.55 bits per heavy atom. The Labute approximate surface area is 174 Å². The van der Waals surface area contributed by atoms with Gasteiger partial charge in [-0.15, -0.1) is 11.6 Å². The van der Waals surface area contributed by atoms with Crippen LogP contribution < -0.4 is 4.90 Å². The van der Waals surface area contributed by atoms with E-state index in [4.69, 9.17) is 16.3 Å². The van der Waals surface area contributed by atoms with Gasteiger partial charge in [-0.2, -0.15) is 9.78 Å². The molecule has 0 spiro atoms. The zero-order valence-corrected chi connectivity index (χ0v) is 17.5. The van der Waals surface area contributed by atoms with Crippen molar-refractivity contribution in [1.29, 1.82) is 0 Å².